The molecular formula is C9H7F4NO4. The number of hydrogen-bond donors (Lipinski definition) is 1. The molecule has 0 bridgehead atoms. The van der Waals surface area contributed by atoms with E-state index in [9.17, 15) is 22.4 Å². The molecule has 1 heterocycles. The van der Waals surface area contributed by atoms with Crippen molar-refractivity contribution in [3.8, 4) is 11.6 Å². The van der Waals surface area contributed by atoms with Crippen LogP contribution >= 0.6 is 0 Å². The van der Waals surface area contributed by atoms with Gasteiger partial charge in [0.05, 0.1) is 18.9 Å². The van der Waals surface area contributed by atoms with Crippen LogP contribution in [0.3, 0.4) is 0 Å². The first-order valence-corrected chi connectivity index (χ1v) is 4.41. The Balaban J connectivity index is 3.38. The van der Waals surface area contributed by atoms with E-state index in [1.165, 1.54) is 0 Å². The van der Waals surface area contributed by atoms with E-state index >= 15 is 0 Å². The first-order chi connectivity index (χ1) is 8.30. The minimum atomic E-state index is -5.10. The zero-order valence-corrected chi connectivity index (χ0v) is 8.92. The number of ether oxygens (including phenoxy) is 2. The third kappa shape index (κ3) is 2.99. The molecule has 100 valence electrons. The zero-order chi connectivity index (χ0) is 13.9. The number of carboxylic acid groups (broad SMARTS) is 1. The van der Waals surface area contributed by atoms with Crippen LogP contribution in [0.25, 0.3) is 0 Å². The van der Waals surface area contributed by atoms with Crippen LogP contribution in [0.2, 0.25) is 0 Å². The van der Waals surface area contributed by atoms with E-state index in [2.05, 4.69) is 14.5 Å². The summed E-state index contributed by atoms with van der Waals surface area (Å²) in [7, 11) is 1.08. The molecule has 0 saturated heterocycles. The highest BCUT2D eigenvalue weighted by Crippen LogP contribution is 2.32. The molecule has 1 aromatic rings. The standard InChI is InChI=1S/C9H7F4NO4/c1-17-5-3-14-7(18-9(11,12)13)4(2-10)6(5)8(15)16/h3H,2H2,1H3,(H,15,16). The summed E-state index contributed by atoms with van der Waals surface area (Å²) >= 11 is 0. The van der Waals surface area contributed by atoms with E-state index in [0.717, 1.165) is 7.11 Å². The van der Waals surface area contributed by atoms with Crippen molar-refractivity contribution in [1.82, 2.24) is 4.98 Å². The molecule has 9 heteroatoms. The highest BCUT2D eigenvalue weighted by molar-refractivity contribution is 5.93. The average molecular weight is 269 g/mol. The fourth-order valence-corrected chi connectivity index (χ4v) is 1.23. The molecule has 0 amide bonds. The number of pyridine rings is 1. The number of halogens is 4. The Morgan fingerprint density at radius 2 is 2.11 bits per heavy atom. The second kappa shape index (κ2) is 5.07. The van der Waals surface area contributed by atoms with Crippen LogP contribution < -0.4 is 9.47 Å². The predicted octanol–water partition coefficient (Wildman–Crippen LogP) is 2.16. The van der Waals surface area contributed by atoms with Gasteiger partial charge in [-0.1, -0.05) is 0 Å². The molecule has 1 rings (SSSR count). The first kappa shape index (κ1) is 14.0. The van der Waals surface area contributed by atoms with Gasteiger partial charge in [-0.05, 0) is 0 Å². The monoisotopic (exact) mass is 269 g/mol. The number of aromatic nitrogens is 1. The summed E-state index contributed by atoms with van der Waals surface area (Å²) in [5.41, 5.74) is -1.59. The Morgan fingerprint density at radius 3 is 2.50 bits per heavy atom. The lowest BCUT2D eigenvalue weighted by Gasteiger charge is -2.14. The lowest BCUT2D eigenvalue weighted by molar-refractivity contribution is -0.276. The molecular weight excluding hydrogens is 262 g/mol. The van der Waals surface area contributed by atoms with Crippen molar-refractivity contribution in [3.05, 3.63) is 17.3 Å². The second-order valence-electron chi connectivity index (χ2n) is 2.97. The Labute approximate surface area is 98.0 Å². The number of rotatable bonds is 4. The number of carboxylic acids is 1. The molecule has 1 N–H and O–H groups in total. The first-order valence-electron chi connectivity index (χ1n) is 4.41. The van der Waals surface area contributed by atoms with Crippen molar-refractivity contribution in [2.24, 2.45) is 0 Å². The van der Waals surface area contributed by atoms with Gasteiger partial charge in [0.25, 0.3) is 0 Å². The lowest BCUT2D eigenvalue weighted by Crippen LogP contribution is -2.20. The third-order valence-electron chi connectivity index (χ3n) is 1.89. The Hall–Kier alpha value is -2.06. The van der Waals surface area contributed by atoms with E-state index in [-0.39, 0.29) is 5.75 Å². The number of methoxy groups -OCH3 is 1. The van der Waals surface area contributed by atoms with Crippen LogP contribution in [-0.4, -0.2) is 29.5 Å². The van der Waals surface area contributed by atoms with Gasteiger partial charge in [0, 0.05) is 0 Å². The van der Waals surface area contributed by atoms with Gasteiger partial charge < -0.3 is 14.6 Å². The van der Waals surface area contributed by atoms with Gasteiger partial charge in [-0.25, -0.2) is 14.2 Å². The van der Waals surface area contributed by atoms with Crippen LogP contribution in [0.5, 0.6) is 11.6 Å². The maximum absolute atomic E-state index is 12.7. The lowest BCUT2D eigenvalue weighted by atomic mass is 10.1. The van der Waals surface area contributed by atoms with Crippen molar-refractivity contribution >= 4 is 5.97 Å². The number of aromatic carboxylic acids is 1. The molecule has 18 heavy (non-hydrogen) atoms. The van der Waals surface area contributed by atoms with Crippen molar-refractivity contribution in [3.63, 3.8) is 0 Å². The Kier molecular flexibility index (Phi) is 3.94. The van der Waals surface area contributed by atoms with E-state index < -0.39 is 36.0 Å². The summed E-state index contributed by atoms with van der Waals surface area (Å²) in [6.45, 7) is -1.49. The van der Waals surface area contributed by atoms with Gasteiger partial charge >= 0.3 is 12.3 Å². The minimum absolute atomic E-state index is 0.357. The molecule has 0 radical (unpaired) electrons. The second-order valence-corrected chi connectivity index (χ2v) is 2.97. The van der Waals surface area contributed by atoms with E-state index in [0.29, 0.717) is 6.20 Å². The van der Waals surface area contributed by atoms with Gasteiger partial charge in [0.15, 0.2) is 5.75 Å². The minimum Gasteiger partial charge on any atom is -0.494 e. The summed E-state index contributed by atoms with van der Waals surface area (Å²) < 4.78 is 56.8. The molecule has 0 aliphatic rings. The SMILES string of the molecule is COc1cnc(OC(F)(F)F)c(CF)c1C(=O)O. The third-order valence-corrected chi connectivity index (χ3v) is 1.89. The van der Waals surface area contributed by atoms with Crippen molar-refractivity contribution in [2.75, 3.05) is 7.11 Å². The highest BCUT2D eigenvalue weighted by atomic mass is 19.4. The van der Waals surface area contributed by atoms with E-state index in [1.54, 1.807) is 0 Å². The Morgan fingerprint density at radius 1 is 1.50 bits per heavy atom. The fourth-order valence-electron chi connectivity index (χ4n) is 1.23. The number of carbonyl (C=O) groups is 1. The smallest absolute Gasteiger partial charge is 0.494 e. The maximum atomic E-state index is 12.7. The summed E-state index contributed by atoms with van der Waals surface area (Å²) in [6, 6.07) is 0. The van der Waals surface area contributed by atoms with Crippen LogP contribution in [0.1, 0.15) is 15.9 Å². The normalized spacial score (nSPS) is 11.2. The van der Waals surface area contributed by atoms with Crippen molar-refractivity contribution in [1.29, 1.82) is 0 Å². The quantitative estimate of drug-likeness (QED) is 0.848. The number of hydrogen-bond acceptors (Lipinski definition) is 4. The maximum Gasteiger partial charge on any atom is 0.574 e. The van der Waals surface area contributed by atoms with Crippen LogP contribution in [0.15, 0.2) is 6.20 Å². The number of alkyl halides is 4. The molecule has 0 aromatic carbocycles. The molecule has 0 unspecified atom stereocenters. The van der Waals surface area contributed by atoms with Crippen LogP contribution in [-0.2, 0) is 6.67 Å². The molecule has 0 spiro atoms. The molecule has 0 aliphatic heterocycles. The predicted molar refractivity (Wildman–Crippen MR) is 49.2 cm³/mol. The molecule has 0 saturated carbocycles. The van der Waals surface area contributed by atoms with Crippen LogP contribution in [0, 0.1) is 0 Å². The van der Waals surface area contributed by atoms with E-state index in [4.69, 9.17) is 5.11 Å². The summed E-state index contributed by atoms with van der Waals surface area (Å²) in [5, 5.41) is 8.82. The molecule has 0 atom stereocenters. The van der Waals surface area contributed by atoms with Crippen LogP contribution in [0.4, 0.5) is 17.6 Å². The highest BCUT2D eigenvalue weighted by Gasteiger charge is 2.34. The number of nitrogens with zero attached hydrogens (tertiary/aromatic N) is 1. The Bertz CT molecular complexity index is 461. The van der Waals surface area contributed by atoms with Gasteiger partial charge in [-0.2, -0.15) is 0 Å². The van der Waals surface area contributed by atoms with E-state index in [1.807, 2.05) is 0 Å². The fraction of sp³-hybridized carbons (Fsp3) is 0.333. The summed E-state index contributed by atoms with van der Waals surface area (Å²) in [5.74, 6) is -3.15. The topological polar surface area (TPSA) is 68.7 Å². The zero-order valence-electron chi connectivity index (χ0n) is 8.92. The largest absolute Gasteiger partial charge is 0.574 e. The summed E-state index contributed by atoms with van der Waals surface area (Å²) in [4.78, 5) is 14.0. The molecule has 0 aliphatic carbocycles. The van der Waals surface area contributed by atoms with Gasteiger partial charge in [0.1, 0.15) is 12.2 Å². The average Bonchev–Trinajstić information content (AvgIpc) is 2.26. The molecule has 1 aromatic heterocycles. The molecule has 0 fully saturated rings. The molecule has 5 nitrogen and oxygen atoms in total. The van der Waals surface area contributed by atoms with Gasteiger partial charge in [-0.3, -0.25) is 0 Å². The summed E-state index contributed by atoms with van der Waals surface area (Å²) in [6.07, 6.45) is -4.38. The van der Waals surface area contributed by atoms with Gasteiger partial charge in [-0.15, -0.1) is 13.2 Å². The van der Waals surface area contributed by atoms with Crippen molar-refractivity contribution < 1.29 is 36.9 Å². The van der Waals surface area contributed by atoms with Crippen molar-refractivity contribution in [2.45, 2.75) is 13.0 Å². The van der Waals surface area contributed by atoms with Gasteiger partial charge in [0.2, 0.25) is 5.88 Å².